The molecule has 0 heterocycles. The van der Waals surface area contributed by atoms with Crippen LogP contribution >= 0.6 is 0 Å². The van der Waals surface area contributed by atoms with Gasteiger partial charge in [-0.05, 0) is 102 Å². The van der Waals surface area contributed by atoms with Gasteiger partial charge in [0, 0.05) is 92.6 Å². The average molecular weight is 1480 g/mol. The molecule has 0 radical (unpaired) electrons. The number of carboxylic acid groups (broad SMARTS) is 2. The number of aliphatic hydroxyl groups excluding tert-OH is 1. The summed E-state index contributed by atoms with van der Waals surface area (Å²) in [5.41, 5.74) is 13.6. The molecule has 3 amide bonds. The van der Waals surface area contributed by atoms with Gasteiger partial charge in [0.25, 0.3) is 21.5 Å². The summed E-state index contributed by atoms with van der Waals surface area (Å²) in [6, 6.07) is 49.3. The second-order valence-electron chi connectivity index (χ2n) is 19.4. The maximum absolute atomic E-state index is 11.0. The van der Waals surface area contributed by atoms with Gasteiger partial charge in [0.2, 0.25) is 24.3 Å². The van der Waals surface area contributed by atoms with E-state index in [2.05, 4.69) is 20.8 Å². The summed E-state index contributed by atoms with van der Waals surface area (Å²) in [6.07, 6.45) is 1.05. The first-order valence-electron chi connectivity index (χ1n) is 34.1. The highest BCUT2D eigenvalue weighted by Gasteiger charge is 2.10. The molecule has 0 spiro atoms. The van der Waals surface area contributed by atoms with E-state index in [1.165, 1.54) is 58.0 Å². The molecular formula is C79H113N7O18S. The van der Waals surface area contributed by atoms with Crippen molar-refractivity contribution in [2.75, 3.05) is 34.0 Å². The number of aryl methyl sites for hydroxylation is 1. The van der Waals surface area contributed by atoms with Crippen molar-refractivity contribution < 1.29 is 76.5 Å². The monoisotopic (exact) mass is 1480 g/mol. The highest BCUT2D eigenvalue weighted by molar-refractivity contribution is 7.85. The number of Topliss-reactive ketones (excluding diaryl/α,β-unsaturated/α-hetero) is 3. The van der Waals surface area contributed by atoms with Crippen LogP contribution in [0.15, 0.2) is 176 Å². The fourth-order valence-corrected chi connectivity index (χ4v) is 7.82. The summed E-state index contributed by atoms with van der Waals surface area (Å²) in [4.78, 5) is 108. The Morgan fingerprint density at radius 2 is 0.733 bits per heavy atom. The van der Waals surface area contributed by atoms with Crippen LogP contribution < -0.4 is 21.7 Å². The molecule has 0 atom stereocenters. The van der Waals surface area contributed by atoms with E-state index in [4.69, 9.17) is 32.2 Å². The molecule has 0 saturated carbocycles. The SMILES string of the molecule is CC.CC.CC.CC.CC.CC.CC.CC(=O)Cc1cccc(N)c1.CC(=O)Cc1cccc([N+](=O)[O-])c1.CC(=O)Nc1cccc(CC(=O)CO)c1.CC(=O)Nc1cccc(CCS(=O)(=O)O)c1.O=C(O)Cc1cccc([N+](=O)[O-])c1.O=C(O)Cc1ccccc1.[C-]#[N+]Cc1cccc(NC(C)=O)c1. The van der Waals surface area contributed by atoms with Gasteiger partial charge in [-0.25, -0.2) is 6.57 Å². The van der Waals surface area contributed by atoms with Gasteiger partial charge in [0.15, 0.2) is 5.78 Å². The number of hydrogen-bond acceptors (Lipinski definition) is 16. The largest absolute Gasteiger partial charge is 0.481 e. The molecule has 0 aliphatic rings. The Labute approximate surface area is 622 Å². The smallest absolute Gasteiger partial charge is 0.307 e. The zero-order chi connectivity index (χ0) is 82.5. The Bertz CT molecular complexity index is 3680. The molecule has 0 aromatic heterocycles. The van der Waals surface area contributed by atoms with Crippen LogP contribution in [-0.4, -0.2) is 97.5 Å². The molecule has 578 valence electrons. The van der Waals surface area contributed by atoms with Crippen molar-refractivity contribution in [3.63, 3.8) is 0 Å². The number of nitrogens with one attached hydrogen (secondary N) is 3. The van der Waals surface area contributed by atoms with Gasteiger partial charge in [-0.15, -0.1) is 0 Å². The molecule has 0 unspecified atom stereocenters. The van der Waals surface area contributed by atoms with Crippen LogP contribution in [-0.2, 0) is 93.5 Å². The van der Waals surface area contributed by atoms with Crippen LogP contribution in [0.1, 0.15) is 170 Å². The van der Waals surface area contributed by atoms with Crippen molar-refractivity contribution in [2.24, 2.45) is 0 Å². The van der Waals surface area contributed by atoms with E-state index in [1.807, 2.05) is 152 Å². The highest BCUT2D eigenvalue weighted by Crippen LogP contribution is 2.17. The van der Waals surface area contributed by atoms with Crippen LogP contribution in [0.25, 0.3) is 4.85 Å². The fourth-order valence-electron chi connectivity index (χ4n) is 7.33. The summed E-state index contributed by atoms with van der Waals surface area (Å²) >= 11 is 0. The van der Waals surface area contributed by atoms with Gasteiger partial charge >= 0.3 is 11.9 Å². The molecule has 0 saturated heterocycles. The van der Waals surface area contributed by atoms with Gasteiger partial charge in [-0.1, -0.05) is 200 Å². The lowest BCUT2D eigenvalue weighted by molar-refractivity contribution is -0.385. The number of anilines is 4. The summed E-state index contributed by atoms with van der Waals surface area (Å²) < 4.78 is 29.7. The standard InChI is InChI=1S/C11H13NO3.C10H10N2O.C10H13NO4S.C9H9NO3.C9H11NO.C8H7NO4.C8H8O2.7C2H6/c1-8(14)12-10-4-2-3-9(5-10)6-11(15)7-13;1-8(13)12-10-5-3-4-9(6-10)7-11-2;1-8(12)11-10-4-2-3-9(7-10)5-6-16(13,14)15;1-7(11)5-8-3-2-4-9(6-8)10(12)13;1-7(11)5-8-3-2-4-9(10)6-8;10-8(11)5-6-2-1-3-7(4-6)9(12)13;9-8(10)6-7-4-2-1-3-5-7;7*1-2/h2-5,13H,6-7H2,1H3,(H,12,14);3-6H,7H2,1H3,(H,12,13);2-4,7H,5-6H2,1H3,(H,11,12)(H,13,14,15);2-4,6H,5H2,1H3;2-4,6H,5,10H2,1H3;1-4H,5H2,(H,10,11);1-5H,6H2,(H,9,10);7*1-2H3. The number of carbonyl (C=O) groups excluding carboxylic acids is 6. The van der Waals surface area contributed by atoms with Gasteiger partial charge < -0.3 is 41.8 Å². The lowest BCUT2D eigenvalue weighted by atomic mass is 10.1. The number of aliphatic carboxylic acids is 2. The number of carbonyl (C=O) groups is 8. The topological polar surface area (TPSA) is 404 Å². The second kappa shape index (κ2) is 69.9. The number of carboxylic acids is 2. The Balaban J connectivity index is -0.000000208. The van der Waals surface area contributed by atoms with Crippen LogP contribution in [0.3, 0.4) is 0 Å². The van der Waals surface area contributed by atoms with Gasteiger partial charge in [-0.3, -0.25) is 63.1 Å². The molecule has 105 heavy (non-hydrogen) atoms. The minimum Gasteiger partial charge on any atom is -0.481 e. The van der Waals surface area contributed by atoms with E-state index >= 15 is 0 Å². The summed E-state index contributed by atoms with van der Waals surface area (Å²) in [5, 5.41) is 53.9. The molecule has 0 bridgehead atoms. The minimum atomic E-state index is -3.95. The first-order valence-corrected chi connectivity index (χ1v) is 35.8. The normalized spacial score (nSPS) is 8.84. The Morgan fingerprint density at radius 3 is 1.07 bits per heavy atom. The zero-order valence-electron chi connectivity index (χ0n) is 64.4. The van der Waals surface area contributed by atoms with Gasteiger partial charge in [0.1, 0.15) is 18.2 Å². The highest BCUT2D eigenvalue weighted by atomic mass is 32.2. The number of hydrogen-bond donors (Lipinski definition) is 8. The Kier molecular flexibility index (Phi) is 71.4. The predicted molar refractivity (Wildman–Crippen MR) is 423 cm³/mol. The molecule has 26 heteroatoms. The number of nitro groups is 2. The molecule has 7 aromatic carbocycles. The maximum Gasteiger partial charge on any atom is 0.307 e. The number of ketones is 3. The molecule has 25 nitrogen and oxygen atoms in total. The lowest BCUT2D eigenvalue weighted by Crippen LogP contribution is -2.09. The molecule has 9 N–H and O–H groups in total. The lowest BCUT2D eigenvalue weighted by Gasteiger charge is -2.04. The number of aliphatic hydroxyl groups is 1. The van der Waals surface area contributed by atoms with E-state index in [0.717, 1.165) is 33.5 Å². The second-order valence-corrected chi connectivity index (χ2v) is 20.9. The number of nitrogen functional groups attached to an aromatic ring is 1. The fraction of sp³-hybridized carbons (Fsp3) is 0.354. The van der Waals surface area contributed by atoms with Gasteiger partial charge in [0.05, 0.1) is 28.4 Å². The van der Waals surface area contributed by atoms with Crippen molar-refractivity contribution in [3.8, 4) is 0 Å². The van der Waals surface area contributed by atoms with Crippen molar-refractivity contribution in [1.29, 1.82) is 0 Å². The van der Waals surface area contributed by atoms with Crippen molar-refractivity contribution >= 4 is 91.3 Å². The Hall–Kier alpha value is -11.1. The number of nitrogens with zero attached hydrogens (tertiary/aromatic N) is 3. The Morgan fingerprint density at radius 1 is 0.429 bits per heavy atom. The third-order valence-electron chi connectivity index (χ3n) is 10.9. The van der Waals surface area contributed by atoms with Crippen LogP contribution in [0, 0.1) is 26.8 Å². The molecule has 0 fully saturated rings. The molecular weight excluding hydrogens is 1370 g/mol. The number of non-ortho nitro benzene ring substituents is 2. The van der Waals surface area contributed by atoms with Crippen LogP contribution in [0.4, 0.5) is 34.1 Å². The molecule has 7 rings (SSSR count). The summed E-state index contributed by atoms with van der Waals surface area (Å²) in [7, 11) is -3.95. The predicted octanol–water partition coefficient (Wildman–Crippen LogP) is 16.7. The summed E-state index contributed by atoms with van der Waals surface area (Å²) in [5.74, 6) is -2.62. The quantitative estimate of drug-likeness (QED) is 0.0115. The van der Waals surface area contributed by atoms with E-state index in [-0.39, 0.29) is 84.3 Å². The first-order chi connectivity index (χ1) is 49.9. The first kappa shape index (κ1) is 107. The minimum absolute atomic E-state index is 0.000461. The van der Waals surface area contributed by atoms with E-state index in [1.54, 1.807) is 97.9 Å². The number of nitrogens with two attached hydrogens (primary N) is 1. The number of amides is 3. The van der Waals surface area contributed by atoms with Crippen LogP contribution in [0.2, 0.25) is 0 Å². The number of rotatable bonds is 20. The van der Waals surface area contributed by atoms with E-state index in [9.17, 15) is 67.0 Å². The molecule has 7 aromatic rings. The van der Waals surface area contributed by atoms with Crippen molar-refractivity contribution in [3.05, 3.63) is 247 Å². The van der Waals surface area contributed by atoms with E-state index in [0.29, 0.717) is 41.2 Å². The third kappa shape index (κ3) is 65.9. The summed E-state index contributed by atoms with van der Waals surface area (Å²) in [6.45, 7) is 41.9. The van der Waals surface area contributed by atoms with Crippen molar-refractivity contribution in [1.82, 2.24) is 0 Å². The zero-order valence-corrected chi connectivity index (χ0v) is 65.3. The van der Waals surface area contributed by atoms with Crippen LogP contribution in [0.5, 0.6) is 0 Å². The van der Waals surface area contributed by atoms with E-state index < -0.39 is 38.5 Å². The number of benzene rings is 7. The number of nitro benzene ring substituents is 2. The molecule has 0 aliphatic carbocycles. The maximum atomic E-state index is 11.0. The third-order valence-corrected chi connectivity index (χ3v) is 11.6. The van der Waals surface area contributed by atoms with Gasteiger partial charge in [-0.2, -0.15) is 8.42 Å². The van der Waals surface area contributed by atoms with Crippen molar-refractivity contribution in [2.45, 2.75) is 177 Å². The molecule has 0 aliphatic heterocycles. The average Bonchev–Trinajstić information content (AvgIpc) is 0.923.